The van der Waals surface area contributed by atoms with E-state index in [1.807, 2.05) is 36.4 Å². The van der Waals surface area contributed by atoms with Gasteiger partial charge in [-0.05, 0) is 36.5 Å². The average Bonchev–Trinajstić information content (AvgIpc) is 2.56. The molecule has 0 radical (unpaired) electrons. The first-order valence-corrected chi connectivity index (χ1v) is 7.71. The molecule has 0 heterocycles. The fourth-order valence-electron chi connectivity index (χ4n) is 3.13. The highest BCUT2D eigenvalue weighted by Crippen LogP contribution is 2.34. The smallest absolute Gasteiger partial charge is 0.338 e. The zero-order valence-corrected chi connectivity index (χ0v) is 12.4. The Bertz CT molecular complexity index is 609. The van der Waals surface area contributed by atoms with E-state index in [9.17, 15) is 9.90 Å². The van der Waals surface area contributed by atoms with Crippen molar-refractivity contribution in [2.75, 3.05) is 0 Å². The minimum absolute atomic E-state index is 0.235. The molecule has 0 amide bonds. The summed E-state index contributed by atoms with van der Waals surface area (Å²) in [4.78, 5) is 12.2. The van der Waals surface area contributed by atoms with Gasteiger partial charge in [0.2, 0.25) is 0 Å². The maximum Gasteiger partial charge on any atom is 0.338 e. The number of aliphatic hydroxyl groups is 1. The second kappa shape index (κ2) is 6.75. The summed E-state index contributed by atoms with van der Waals surface area (Å²) >= 11 is 0. The first-order valence-electron chi connectivity index (χ1n) is 7.71. The number of carbonyl (C=O) groups excluding carboxylic acids is 1. The van der Waals surface area contributed by atoms with E-state index >= 15 is 0 Å². The van der Waals surface area contributed by atoms with E-state index in [4.69, 9.17) is 4.74 Å². The van der Waals surface area contributed by atoms with Gasteiger partial charge in [-0.1, -0.05) is 48.5 Å². The van der Waals surface area contributed by atoms with Crippen molar-refractivity contribution in [2.45, 2.75) is 37.4 Å². The van der Waals surface area contributed by atoms with Crippen LogP contribution < -0.4 is 0 Å². The molecule has 2 aromatic carbocycles. The van der Waals surface area contributed by atoms with E-state index in [1.165, 1.54) is 5.56 Å². The van der Waals surface area contributed by atoms with E-state index < -0.39 is 6.10 Å². The maximum absolute atomic E-state index is 12.2. The molecule has 0 aliphatic heterocycles. The molecule has 0 bridgehead atoms. The summed E-state index contributed by atoms with van der Waals surface area (Å²) in [7, 11) is 0. The minimum atomic E-state index is -0.424. The molecule has 1 aliphatic carbocycles. The highest BCUT2D eigenvalue weighted by atomic mass is 16.5. The molecular weight excluding hydrogens is 276 g/mol. The predicted octanol–water partition coefficient (Wildman–Crippen LogP) is 3.54. The van der Waals surface area contributed by atoms with Crippen LogP contribution >= 0.6 is 0 Å². The number of hydrogen-bond acceptors (Lipinski definition) is 3. The molecule has 1 unspecified atom stereocenters. The Labute approximate surface area is 130 Å². The van der Waals surface area contributed by atoms with Crippen LogP contribution in [0.5, 0.6) is 0 Å². The summed E-state index contributed by atoms with van der Waals surface area (Å²) in [6, 6.07) is 19.1. The second-order valence-electron chi connectivity index (χ2n) is 5.86. The van der Waals surface area contributed by atoms with Crippen LogP contribution in [0.1, 0.15) is 41.1 Å². The predicted molar refractivity (Wildman–Crippen MR) is 84.7 cm³/mol. The molecule has 1 N–H and O–H groups in total. The van der Waals surface area contributed by atoms with Crippen LogP contribution in [-0.4, -0.2) is 23.3 Å². The summed E-state index contributed by atoms with van der Waals surface area (Å²) in [6.45, 7) is 0. The van der Waals surface area contributed by atoms with Crippen molar-refractivity contribution >= 4 is 5.97 Å². The highest BCUT2D eigenvalue weighted by Gasteiger charge is 2.31. The number of esters is 1. The number of rotatable bonds is 3. The van der Waals surface area contributed by atoms with Gasteiger partial charge >= 0.3 is 5.97 Å². The van der Waals surface area contributed by atoms with Gasteiger partial charge in [0.05, 0.1) is 11.7 Å². The first kappa shape index (κ1) is 14.8. The van der Waals surface area contributed by atoms with Gasteiger partial charge in [0, 0.05) is 6.42 Å². The third-order valence-electron chi connectivity index (χ3n) is 4.19. The minimum Gasteiger partial charge on any atom is -0.459 e. The molecule has 114 valence electrons. The fourth-order valence-corrected chi connectivity index (χ4v) is 3.13. The van der Waals surface area contributed by atoms with Gasteiger partial charge in [0.1, 0.15) is 6.10 Å². The summed E-state index contributed by atoms with van der Waals surface area (Å²) in [5.41, 5.74) is 1.75. The lowest BCUT2D eigenvalue weighted by Crippen LogP contribution is -2.32. The number of benzene rings is 2. The molecule has 3 nitrogen and oxygen atoms in total. The number of hydrogen-bond donors (Lipinski definition) is 1. The van der Waals surface area contributed by atoms with Crippen molar-refractivity contribution in [1.82, 2.24) is 0 Å². The molecule has 2 aromatic rings. The first-order chi connectivity index (χ1) is 10.7. The Kier molecular flexibility index (Phi) is 4.54. The molecule has 3 heteroatoms. The van der Waals surface area contributed by atoms with Crippen molar-refractivity contribution in [3.8, 4) is 0 Å². The van der Waals surface area contributed by atoms with Crippen molar-refractivity contribution in [1.29, 1.82) is 0 Å². The quantitative estimate of drug-likeness (QED) is 0.881. The van der Waals surface area contributed by atoms with Crippen molar-refractivity contribution < 1.29 is 14.6 Å². The monoisotopic (exact) mass is 296 g/mol. The molecule has 0 spiro atoms. The SMILES string of the molecule is O=C(OC1C[C@H](O)C[C@@H](c2ccccc2)C1)c1ccccc1. The molecule has 1 aliphatic rings. The van der Waals surface area contributed by atoms with Gasteiger partial charge in [-0.25, -0.2) is 4.79 Å². The van der Waals surface area contributed by atoms with E-state index in [1.54, 1.807) is 12.1 Å². The van der Waals surface area contributed by atoms with Gasteiger partial charge < -0.3 is 9.84 Å². The lowest BCUT2D eigenvalue weighted by molar-refractivity contribution is -0.00732. The standard InChI is InChI=1S/C19H20O3/c20-17-11-16(14-7-3-1-4-8-14)12-18(13-17)22-19(21)15-9-5-2-6-10-15/h1-10,16-18,20H,11-13H2/t16-,17-,18?/m1/s1. The molecule has 22 heavy (non-hydrogen) atoms. The third-order valence-corrected chi connectivity index (χ3v) is 4.19. The largest absolute Gasteiger partial charge is 0.459 e. The number of carbonyl (C=O) groups is 1. The molecule has 0 saturated heterocycles. The Morgan fingerprint density at radius 2 is 1.55 bits per heavy atom. The van der Waals surface area contributed by atoms with Gasteiger partial charge in [0.15, 0.2) is 0 Å². The average molecular weight is 296 g/mol. The van der Waals surface area contributed by atoms with Crippen LogP contribution in [0.25, 0.3) is 0 Å². The Balaban J connectivity index is 1.68. The van der Waals surface area contributed by atoms with Crippen LogP contribution in [0.3, 0.4) is 0 Å². The molecule has 1 fully saturated rings. The number of aliphatic hydroxyl groups excluding tert-OH is 1. The van der Waals surface area contributed by atoms with Crippen LogP contribution in [0.2, 0.25) is 0 Å². The topological polar surface area (TPSA) is 46.5 Å². The highest BCUT2D eigenvalue weighted by molar-refractivity contribution is 5.89. The summed E-state index contributed by atoms with van der Waals surface area (Å²) in [5.74, 6) is -0.0787. The zero-order valence-electron chi connectivity index (χ0n) is 12.4. The van der Waals surface area contributed by atoms with E-state index in [2.05, 4.69) is 12.1 Å². The van der Waals surface area contributed by atoms with Crippen LogP contribution in [-0.2, 0) is 4.74 Å². The van der Waals surface area contributed by atoms with Crippen LogP contribution in [0.4, 0.5) is 0 Å². The molecular formula is C19H20O3. The van der Waals surface area contributed by atoms with Crippen molar-refractivity contribution in [3.63, 3.8) is 0 Å². The fraction of sp³-hybridized carbons (Fsp3) is 0.316. The summed E-state index contributed by atoms with van der Waals surface area (Å²) in [5, 5.41) is 10.1. The zero-order chi connectivity index (χ0) is 15.4. The lowest BCUT2D eigenvalue weighted by Gasteiger charge is -2.32. The summed E-state index contributed by atoms with van der Waals surface area (Å²) < 4.78 is 5.60. The lowest BCUT2D eigenvalue weighted by atomic mass is 9.81. The maximum atomic E-state index is 12.2. The Hall–Kier alpha value is -2.13. The molecule has 3 atom stereocenters. The van der Waals surface area contributed by atoms with Crippen molar-refractivity contribution in [2.24, 2.45) is 0 Å². The molecule has 0 aromatic heterocycles. The summed E-state index contributed by atoms with van der Waals surface area (Å²) in [6.07, 6.45) is 1.35. The van der Waals surface area contributed by atoms with E-state index in [0.29, 0.717) is 12.0 Å². The second-order valence-corrected chi connectivity index (χ2v) is 5.86. The van der Waals surface area contributed by atoms with Gasteiger partial charge in [0.25, 0.3) is 0 Å². The number of ether oxygens (including phenoxy) is 1. The van der Waals surface area contributed by atoms with Gasteiger partial charge in [-0.2, -0.15) is 0 Å². The molecule has 1 saturated carbocycles. The van der Waals surface area contributed by atoms with E-state index in [0.717, 1.165) is 12.8 Å². The van der Waals surface area contributed by atoms with Gasteiger partial charge in [-0.15, -0.1) is 0 Å². The van der Waals surface area contributed by atoms with E-state index in [-0.39, 0.29) is 18.0 Å². The Morgan fingerprint density at radius 3 is 2.23 bits per heavy atom. The third kappa shape index (κ3) is 3.55. The van der Waals surface area contributed by atoms with Crippen LogP contribution in [0.15, 0.2) is 60.7 Å². The van der Waals surface area contributed by atoms with Crippen LogP contribution in [0, 0.1) is 0 Å². The van der Waals surface area contributed by atoms with Crippen molar-refractivity contribution in [3.05, 3.63) is 71.8 Å². The Morgan fingerprint density at radius 1 is 0.909 bits per heavy atom. The normalized spacial score (nSPS) is 24.7. The van der Waals surface area contributed by atoms with Gasteiger partial charge in [-0.3, -0.25) is 0 Å². The molecule has 3 rings (SSSR count).